The first-order chi connectivity index (χ1) is 8.60. The summed E-state index contributed by atoms with van der Waals surface area (Å²) in [5.74, 6) is 0.00342. The Labute approximate surface area is 104 Å². The van der Waals surface area contributed by atoms with Crippen molar-refractivity contribution in [1.29, 1.82) is 0 Å². The fraction of sp³-hybridized carbons (Fsp3) is 0.600. The minimum absolute atomic E-state index is 0.0893. The molecule has 0 amide bonds. The van der Waals surface area contributed by atoms with Crippen molar-refractivity contribution in [3.05, 3.63) is 16.4 Å². The van der Waals surface area contributed by atoms with Gasteiger partial charge in [0, 0.05) is 6.54 Å². The highest BCUT2D eigenvalue weighted by molar-refractivity contribution is 5.60. The molecule has 0 fully saturated rings. The average molecular weight is 256 g/mol. The lowest BCUT2D eigenvalue weighted by Gasteiger charge is -2.10. The maximum Gasteiger partial charge on any atom is 0.372 e. The van der Waals surface area contributed by atoms with E-state index in [0.717, 1.165) is 0 Å². The molecule has 0 bridgehead atoms. The van der Waals surface area contributed by atoms with Gasteiger partial charge in [-0.1, -0.05) is 6.92 Å². The number of nitrogens with zero attached hydrogens (tertiary/aromatic N) is 3. The number of aliphatic hydroxyl groups is 1. The molecule has 0 aliphatic carbocycles. The van der Waals surface area contributed by atoms with E-state index in [1.165, 1.54) is 13.4 Å². The van der Waals surface area contributed by atoms with Crippen LogP contribution in [0, 0.1) is 10.1 Å². The molecule has 0 aromatic carbocycles. The van der Waals surface area contributed by atoms with Crippen LogP contribution in [-0.4, -0.2) is 39.8 Å². The van der Waals surface area contributed by atoms with Crippen LogP contribution < -0.4 is 10.1 Å². The SMILES string of the molecule is CCC(O)CCNc1ncnc(OC)c1[N+](=O)[O-]. The van der Waals surface area contributed by atoms with E-state index in [0.29, 0.717) is 19.4 Å². The summed E-state index contributed by atoms with van der Waals surface area (Å²) in [5, 5.41) is 23.1. The Kier molecular flexibility index (Phi) is 5.25. The Hall–Kier alpha value is -1.96. The van der Waals surface area contributed by atoms with Crippen molar-refractivity contribution in [2.45, 2.75) is 25.9 Å². The van der Waals surface area contributed by atoms with E-state index in [1.807, 2.05) is 6.92 Å². The molecule has 8 heteroatoms. The maximum atomic E-state index is 10.9. The second-order valence-corrected chi connectivity index (χ2v) is 3.61. The van der Waals surface area contributed by atoms with E-state index in [4.69, 9.17) is 4.74 Å². The van der Waals surface area contributed by atoms with E-state index in [-0.39, 0.29) is 17.4 Å². The minimum Gasteiger partial charge on any atom is -0.476 e. The molecule has 0 saturated carbocycles. The van der Waals surface area contributed by atoms with Crippen LogP contribution in [0.1, 0.15) is 19.8 Å². The van der Waals surface area contributed by atoms with Crippen molar-refractivity contribution in [2.24, 2.45) is 0 Å². The van der Waals surface area contributed by atoms with Gasteiger partial charge in [0.15, 0.2) is 0 Å². The zero-order valence-electron chi connectivity index (χ0n) is 10.3. The Bertz CT molecular complexity index is 413. The van der Waals surface area contributed by atoms with Crippen LogP contribution in [0.4, 0.5) is 11.5 Å². The average Bonchev–Trinajstić information content (AvgIpc) is 2.37. The summed E-state index contributed by atoms with van der Waals surface area (Å²) in [6.07, 6.45) is 1.88. The molecule has 0 saturated heterocycles. The predicted octanol–water partition coefficient (Wildman–Crippen LogP) is 0.966. The first kappa shape index (κ1) is 14.1. The third-order valence-corrected chi connectivity index (χ3v) is 2.41. The quantitative estimate of drug-likeness (QED) is 0.552. The number of aliphatic hydroxyl groups excluding tert-OH is 1. The van der Waals surface area contributed by atoms with E-state index < -0.39 is 11.0 Å². The number of aromatic nitrogens is 2. The topological polar surface area (TPSA) is 110 Å². The fourth-order valence-corrected chi connectivity index (χ4v) is 1.37. The summed E-state index contributed by atoms with van der Waals surface area (Å²) in [5.41, 5.74) is -0.300. The van der Waals surface area contributed by atoms with Crippen LogP contribution in [0.25, 0.3) is 0 Å². The van der Waals surface area contributed by atoms with Gasteiger partial charge < -0.3 is 15.2 Å². The van der Waals surface area contributed by atoms with Crippen molar-refractivity contribution in [1.82, 2.24) is 9.97 Å². The fourth-order valence-electron chi connectivity index (χ4n) is 1.37. The van der Waals surface area contributed by atoms with Gasteiger partial charge in [0.2, 0.25) is 5.82 Å². The Balaban J connectivity index is 2.78. The number of hydrogen-bond donors (Lipinski definition) is 2. The van der Waals surface area contributed by atoms with Crippen molar-refractivity contribution >= 4 is 11.5 Å². The van der Waals surface area contributed by atoms with E-state index in [1.54, 1.807) is 0 Å². The number of nitrogens with one attached hydrogen (secondary N) is 1. The monoisotopic (exact) mass is 256 g/mol. The first-order valence-corrected chi connectivity index (χ1v) is 5.55. The van der Waals surface area contributed by atoms with Crippen molar-refractivity contribution in [2.75, 3.05) is 19.0 Å². The molecule has 8 nitrogen and oxygen atoms in total. The molecule has 1 atom stereocenters. The highest BCUT2D eigenvalue weighted by Gasteiger charge is 2.23. The number of methoxy groups -OCH3 is 1. The van der Waals surface area contributed by atoms with Crippen molar-refractivity contribution in [3.8, 4) is 5.88 Å². The van der Waals surface area contributed by atoms with Crippen LogP contribution in [-0.2, 0) is 0 Å². The van der Waals surface area contributed by atoms with Crippen LogP contribution in [0.5, 0.6) is 5.88 Å². The van der Waals surface area contributed by atoms with E-state index in [2.05, 4.69) is 15.3 Å². The highest BCUT2D eigenvalue weighted by Crippen LogP contribution is 2.30. The summed E-state index contributed by atoms with van der Waals surface area (Å²) < 4.78 is 4.81. The standard InChI is InChI=1S/C10H16N4O4/c1-3-7(15)4-5-11-9-8(14(16)17)10(18-2)13-6-12-9/h6-7,15H,3-5H2,1-2H3,(H,11,12,13). The van der Waals surface area contributed by atoms with E-state index >= 15 is 0 Å². The molecule has 0 spiro atoms. The van der Waals surface area contributed by atoms with Gasteiger partial charge >= 0.3 is 5.69 Å². The number of rotatable bonds is 7. The molecule has 1 aromatic heterocycles. The van der Waals surface area contributed by atoms with E-state index in [9.17, 15) is 15.2 Å². The van der Waals surface area contributed by atoms with Gasteiger partial charge in [-0.2, -0.15) is 4.98 Å². The zero-order valence-corrected chi connectivity index (χ0v) is 10.3. The van der Waals surface area contributed by atoms with Gasteiger partial charge in [0.25, 0.3) is 5.88 Å². The molecule has 100 valence electrons. The summed E-state index contributed by atoms with van der Waals surface area (Å²) >= 11 is 0. The molecule has 1 heterocycles. The number of ether oxygens (including phenoxy) is 1. The zero-order chi connectivity index (χ0) is 13.5. The Morgan fingerprint density at radius 1 is 1.61 bits per heavy atom. The molecule has 0 aliphatic heterocycles. The Morgan fingerprint density at radius 2 is 2.33 bits per heavy atom. The maximum absolute atomic E-state index is 10.9. The number of anilines is 1. The summed E-state index contributed by atoms with van der Waals surface area (Å²) in [7, 11) is 1.31. The molecular weight excluding hydrogens is 240 g/mol. The summed E-state index contributed by atoms with van der Waals surface area (Å²) in [6.45, 7) is 2.25. The van der Waals surface area contributed by atoms with Crippen LogP contribution in [0.2, 0.25) is 0 Å². The number of hydrogen-bond acceptors (Lipinski definition) is 7. The smallest absolute Gasteiger partial charge is 0.372 e. The van der Waals surface area contributed by atoms with Crippen LogP contribution in [0.15, 0.2) is 6.33 Å². The van der Waals surface area contributed by atoms with Gasteiger partial charge in [0.1, 0.15) is 6.33 Å². The minimum atomic E-state index is -0.600. The second kappa shape index (κ2) is 6.70. The van der Waals surface area contributed by atoms with Crippen molar-refractivity contribution in [3.63, 3.8) is 0 Å². The highest BCUT2D eigenvalue weighted by atomic mass is 16.6. The first-order valence-electron chi connectivity index (χ1n) is 5.55. The Morgan fingerprint density at radius 3 is 2.89 bits per heavy atom. The van der Waals surface area contributed by atoms with Gasteiger partial charge in [-0.05, 0) is 12.8 Å². The van der Waals surface area contributed by atoms with Crippen LogP contribution in [0.3, 0.4) is 0 Å². The lowest BCUT2D eigenvalue weighted by Crippen LogP contribution is -2.14. The van der Waals surface area contributed by atoms with Gasteiger partial charge in [-0.15, -0.1) is 0 Å². The molecule has 1 rings (SSSR count). The van der Waals surface area contributed by atoms with Crippen molar-refractivity contribution < 1.29 is 14.8 Å². The summed E-state index contributed by atoms with van der Waals surface area (Å²) in [4.78, 5) is 17.8. The molecule has 0 aliphatic rings. The van der Waals surface area contributed by atoms with Gasteiger partial charge in [-0.25, -0.2) is 4.98 Å². The summed E-state index contributed by atoms with van der Waals surface area (Å²) in [6, 6.07) is 0. The lowest BCUT2D eigenvalue weighted by molar-refractivity contribution is -0.385. The molecule has 1 unspecified atom stereocenters. The molecular formula is C10H16N4O4. The molecule has 1 aromatic rings. The predicted molar refractivity (Wildman–Crippen MR) is 64.6 cm³/mol. The normalized spacial score (nSPS) is 11.9. The second-order valence-electron chi connectivity index (χ2n) is 3.61. The van der Waals surface area contributed by atoms with Gasteiger partial charge in [0.05, 0.1) is 18.1 Å². The largest absolute Gasteiger partial charge is 0.476 e. The molecule has 2 N–H and O–H groups in total. The lowest BCUT2D eigenvalue weighted by atomic mass is 10.2. The third-order valence-electron chi connectivity index (χ3n) is 2.41. The molecule has 0 radical (unpaired) electrons. The molecule has 18 heavy (non-hydrogen) atoms. The van der Waals surface area contributed by atoms with Gasteiger partial charge in [-0.3, -0.25) is 10.1 Å². The third kappa shape index (κ3) is 3.52. The van der Waals surface area contributed by atoms with Crippen LogP contribution >= 0.6 is 0 Å². The number of nitro groups is 1.